The van der Waals surface area contributed by atoms with E-state index in [4.69, 9.17) is 4.98 Å². The normalized spacial score (nSPS) is 12.0. The Balaban J connectivity index is 1.16. The van der Waals surface area contributed by atoms with Crippen LogP contribution in [0.4, 0.5) is 0 Å². The first-order chi connectivity index (χ1) is 24.8. The van der Waals surface area contributed by atoms with Gasteiger partial charge in [0.25, 0.3) is 0 Å². The minimum Gasteiger partial charge on any atom is -0.309 e. The first-order valence-corrected chi connectivity index (χ1v) is 17.1. The Hall–Kier alpha value is -6.71. The molecular formula is C47H29N3. The van der Waals surface area contributed by atoms with Gasteiger partial charge in [0.1, 0.15) is 5.82 Å². The van der Waals surface area contributed by atoms with Gasteiger partial charge in [0.2, 0.25) is 0 Å². The third-order valence-electron chi connectivity index (χ3n) is 10.4. The van der Waals surface area contributed by atoms with Crippen LogP contribution >= 0.6 is 0 Å². The fourth-order valence-electron chi connectivity index (χ4n) is 8.31. The summed E-state index contributed by atoms with van der Waals surface area (Å²) in [4.78, 5) is 5.16. The lowest BCUT2D eigenvalue weighted by molar-refractivity contribution is 1.10. The van der Waals surface area contributed by atoms with Crippen molar-refractivity contribution in [3.8, 4) is 56.1 Å². The molecule has 50 heavy (non-hydrogen) atoms. The van der Waals surface area contributed by atoms with E-state index in [1.807, 2.05) is 0 Å². The summed E-state index contributed by atoms with van der Waals surface area (Å²) >= 11 is 0. The molecule has 10 aromatic rings. The molecule has 8 aromatic carbocycles. The average molecular weight is 636 g/mol. The van der Waals surface area contributed by atoms with Gasteiger partial charge in [-0.1, -0.05) is 115 Å². The van der Waals surface area contributed by atoms with E-state index in [-0.39, 0.29) is 0 Å². The van der Waals surface area contributed by atoms with Crippen LogP contribution in [0.3, 0.4) is 0 Å². The fourth-order valence-corrected chi connectivity index (χ4v) is 8.31. The van der Waals surface area contributed by atoms with Crippen LogP contribution in [0, 0.1) is 0 Å². The molecule has 11 rings (SSSR count). The number of fused-ring (bicyclic) bond motifs is 8. The molecule has 0 atom stereocenters. The monoisotopic (exact) mass is 635 g/mol. The third-order valence-corrected chi connectivity index (χ3v) is 10.4. The Bertz CT molecular complexity index is 2970. The second-order valence-corrected chi connectivity index (χ2v) is 13.2. The number of rotatable bonds is 4. The Labute approximate surface area is 288 Å². The van der Waals surface area contributed by atoms with Gasteiger partial charge in [0.15, 0.2) is 0 Å². The number of hydrogen-bond donors (Lipinski definition) is 0. The molecule has 0 N–H and O–H groups in total. The Morgan fingerprint density at radius 2 is 0.980 bits per heavy atom. The molecule has 2 aromatic heterocycles. The van der Waals surface area contributed by atoms with Crippen LogP contribution in [0.5, 0.6) is 0 Å². The van der Waals surface area contributed by atoms with Crippen LogP contribution in [-0.4, -0.2) is 14.1 Å². The molecule has 0 bridgehead atoms. The zero-order valence-electron chi connectivity index (χ0n) is 27.1. The maximum absolute atomic E-state index is 5.16. The van der Waals surface area contributed by atoms with E-state index in [0.717, 1.165) is 39.4 Å². The van der Waals surface area contributed by atoms with Crippen molar-refractivity contribution in [1.29, 1.82) is 0 Å². The lowest BCUT2D eigenvalue weighted by Gasteiger charge is -2.11. The first-order valence-electron chi connectivity index (χ1n) is 17.1. The zero-order valence-corrected chi connectivity index (χ0v) is 27.1. The van der Waals surface area contributed by atoms with Crippen molar-refractivity contribution in [2.24, 2.45) is 0 Å². The summed E-state index contributed by atoms with van der Waals surface area (Å²) in [6.45, 7) is 0. The maximum Gasteiger partial charge on any atom is 0.145 e. The smallest absolute Gasteiger partial charge is 0.145 e. The molecule has 0 radical (unpaired) electrons. The molecule has 0 saturated heterocycles. The summed E-state index contributed by atoms with van der Waals surface area (Å²) in [5.74, 6) is 0.935. The van der Waals surface area contributed by atoms with Gasteiger partial charge in [-0.3, -0.25) is 4.57 Å². The quantitative estimate of drug-likeness (QED) is 0.189. The van der Waals surface area contributed by atoms with Gasteiger partial charge in [-0.15, -0.1) is 0 Å². The highest BCUT2D eigenvalue weighted by Crippen LogP contribution is 2.51. The highest BCUT2D eigenvalue weighted by molar-refractivity contribution is 6.29. The maximum atomic E-state index is 5.16. The zero-order chi connectivity index (χ0) is 32.8. The fraction of sp³-hybridized carbons (Fsp3) is 0. The van der Waals surface area contributed by atoms with Crippen molar-refractivity contribution < 1.29 is 0 Å². The van der Waals surface area contributed by atoms with Crippen LogP contribution < -0.4 is 0 Å². The highest BCUT2D eigenvalue weighted by Gasteiger charge is 2.25. The molecule has 0 fully saturated rings. The highest BCUT2D eigenvalue weighted by atomic mass is 15.1. The van der Waals surface area contributed by atoms with Crippen molar-refractivity contribution in [3.63, 3.8) is 0 Å². The average Bonchev–Trinajstić information content (AvgIpc) is 3.84. The summed E-state index contributed by atoms with van der Waals surface area (Å²) in [5, 5.41) is 5.19. The van der Waals surface area contributed by atoms with Crippen molar-refractivity contribution >= 4 is 43.6 Å². The Morgan fingerprint density at radius 1 is 0.340 bits per heavy atom. The van der Waals surface area contributed by atoms with Crippen LogP contribution in [0.15, 0.2) is 176 Å². The lowest BCUT2D eigenvalue weighted by Crippen LogP contribution is -1.97. The number of nitrogens with zero attached hydrogens (tertiary/aromatic N) is 3. The van der Waals surface area contributed by atoms with Gasteiger partial charge < -0.3 is 4.57 Å². The molecule has 0 saturated carbocycles. The standard InChI is InChI=1S/C47H29N3/c1-3-15-33(16-4-1)49-42-26-25-31(28-40(42)46-38-22-12-21-37-35-19-7-8-20-36(35)39(45(37)38)29-44(46)49)30-13-11-14-32(27-30)47-48-41-23-9-10-24-43(41)50(47)34-17-5-2-6-18-34/h1-29H. The number of hydrogen-bond acceptors (Lipinski definition) is 1. The summed E-state index contributed by atoms with van der Waals surface area (Å²) in [5.41, 5.74) is 15.5. The van der Waals surface area contributed by atoms with Crippen LogP contribution in [0.1, 0.15) is 0 Å². The van der Waals surface area contributed by atoms with Crippen LogP contribution in [0.2, 0.25) is 0 Å². The first kappa shape index (κ1) is 27.3. The van der Waals surface area contributed by atoms with Gasteiger partial charge in [0.05, 0.1) is 22.1 Å². The van der Waals surface area contributed by atoms with E-state index < -0.39 is 0 Å². The van der Waals surface area contributed by atoms with Gasteiger partial charge in [-0.25, -0.2) is 4.98 Å². The molecule has 2 heterocycles. The van der Waals surface area contributed by atoms with Gasteiger partial charge in [-0.2, -0.15) is 0 Å². The third kappa shape index (κ3) is 3.83. The minimum atomic E-state index is 0.935. The number of aromatic nitrogens is 3. The molecule has 232 valence electrons. The Kier molecular flexibility index (Phi) is 5.67. The molecule has 1 aliphatic rings. The molecular weight excluding hydrogens is 607 g/mol. The van der Waals surface area contributed by atoms with E-state index >= 15 is 0 Å². The van der Waals surface area contributed by atoms with Crippen LogP contribution in [-0.2, 0) is 0 Å². The molecule has 3 nitrogen and oxygen atoms in total. The predicted octanol–water partition coefficient (Wildman–Crippen LogP) is 12.3. The molecule has 0 spiro atoms. The van der Waals surface area contributed by atoms with Crippen LogP contribution in [0.25, 0.3) is 99.8 Å². The Morgan fingerprint density at radius 3 is 1.80 bits per heavy atom. The van der Waals surface area contributed by atoms with Crippen molar-refractivity contribution in [1.82, 2.24) is 14.1 Å². The SMILES string of the molecule is c1ccc(-n2c(-c3cccc(-c4ccc5c(c4)c4c6cccc7c6c(cc4n5-c4ccccc4)-c4ccccc4-7)c3)nc3ccccc32)cc1. The number of benzene rings is 8. The van der Waals surface area contributed by atoms with E-state index in [2.05, 4.69) is 185 Å². The summed E-state index contributed by atoms with van der Waals surface area (Å²) in [7, 11) is 0. The van der Waals surface area contributed by atoms with E-state index in [1.54, 1.807) is 0 Å². The van der Waals surface area contributed by atoms with Gasteiger partial charge in [-0.05, 0) is 105 Å². The molecule has 3 heteroatoms. The predicted molar refractivity (Wildman–Crippen MR) is 208 cm³/mol. The molecule has 0 aliphatic heterocycles. The van der Waals surface area contributed by atoms with E-state index in [0.29, 0.717) is 0 Å². The summed E-state index contributed by atoms with van der Waals surface area (Å²) < 4.78 is 4.71. The second kappa shape index (κ2) is 10.4. The summed E-state index contributed by atoms with van der Waals surface area (Å²) in [6.07, 6.45) is 0. The largest absolute Gasteiger partial charge is 0.309 e. The molecule has 0 amide bonds. The lowest BCUT2D eigenvalue weighted by atomic mass is 9.96. The van der Waals surface area contributed by atoms with Crippen molar-refractivity contribution in [2.45, 2.75) is 0 Å². The summed E-state index contributed by atoms with van der Waals surface area (Å²) in [6, 6.07) is 63.6. The minimum absolute atomic E-state index is 0.935. The van der Waals surface area contributed by atoms with Gasteiger partial charge in [0, 0.05) is 27.7 Å². The second-order valence-electron chi connectivity index (χ2n) is 13.2. The topological polar surface area (TPSA) is 22.8 Å². The van der Waals surface area contributed by atoms with Crippen molar-refractivity contribution in [3.05, 3.63) is 176 Å². The van der Waals surface area contributed by atoms with Crippen molar-refractivity contribution in [2.75, 3.05) is 0 Å². The number of imidazole rings is 1. The van der Waals surface area contributed by atoms with Gasteiger partial charge >= 0.3 is 0 Å². The van der Waals surface area contributed by atoms with E-state index in [1.165, 1.54) is 60.4 Å². The van der Waals surface area contributed by atoms with E-state index in [9.17, 15) is 0 Å². The number of para-hydroxylation sites is 4. The molecule has 1 aliphatic carbocycles. The molecule has 0 unspecified atom stereocenters.